The molecule has 1 saturated carbocycles. The van der Waals surface area contributed by atoms with Crippen molar-refractivity contribution in [2.75, 3.05) is 11.4 Å². The van der Waals surface area contributed by atoms with Crippen LogP contribution in [0.5, 0.6) is 0 Å². The summed E-state index contributed by atoms with van der Waals surface area (Å²) in [5, 5.41) is 20.1. The third-order valence-electron chi connectivity index (χ3n) is 3.46. The van der Waals surface area contributed by atoms with E-state index in [2.05, 4.69) is 0 Å². The molecule has 0 aromatic heterocycles. The van der Waals surface area contributed by atoms with Crippen molar-refractivity contribution >= 4 is 17.3 Å². The molecule has 102 valence electrons. The highest BCUT2D eigenvalue weighted by Gasteiger charge is 2.28. The fourth-order valence-electron chi connectivity index (χ4n) is 2.63. The third-order valence-corrected chi connectivity index (χ3v) is 3.46. The van der Waals surface area contributed by atoms with Crippen molar-refractivity contribution in [3.63, 3.8) is 0 Å². The second-order valence-electron chi connectivity index (χ2n) is 4.71. The average molecular weight is 264 g/mol. The largest absolute Gasteiger partial charge is 0.480 e. The molecule has 0 bridgehead atoms. The minimum Gasteiger partial charge on any atom is -0.480 e. The topological polar surface area (TPSA) is 83.7 Å². The normalized spacial score (nSPS) is 15.4. The second-order valence-corrected chi connectivity index (χ2v) is 4.71. The maximum absolute atomic E-state index is 11.1. The number of aliphatic carboxylic acids is 1. The van der Waals surface area contributed by atoms with E-state index < -0.39 is 10.9 Å². The molecular formula is C13H16N2O4. The van der Waals surface area contributed by atoms with E-state index in [9.17, 15) is 14.9 Å². The maximum atomic E-state index is 11.1. The van der Waals surface area contributed by atoms with Crippen LogP contribution < -0.4 is 4.90 Å². The summed E-state index contributed by atoms with van der Waals surface area (Å²) >= 11 is 0. The van der Waals surface area contributed by atoms with Crippen molar-refractivity contribution in [2.24, 2.45) is 0 Å². The van der Waals surface area contributed by atoms with Gasteiger partial charge in [-0.15, -0.1) is 0 Å². The van der Waals surface area contributed by atoms with Crippen LogP contribution in [0.4, 0.5) is 11.4 Å². The second kappa shape index (κ2) is 5.69. The fourth-order valence-corrected chi connectivity index (χ4v) is 2.63. The molecule has 0 aliphatic heterocycles. The summed E-state index contributed by atoms with van der Waals surface area (Å²) in [4.78, 5) is 23.3. The highest BCUT2D eigenvalue weighted by molar-refractivity contribution is 5.76. The Bertz CT molecular complexity index is 483. The van der Waals surface area contributed by atoms with Crippen LogP contribution >= 0.6 is 0 Å². The van der Waals surface area contributed by atoms with Gasteiger partial charge >= 0.3 is 5.97 Å². The lowest BCUT2D eigenvalue weighted by molar-refractivity contribution is -0.384. The van der Waals surface area contributed by atoms with Crippen LogP contribution in [-0.2, 0) is 4.79 Å². The van der Waals surface area contributed by atoms with Crippen LogP contribution in [0.3, 0.4) is 0 Å². The predicted octanol–water partition coefficient (Wildman–Crippen LogP) is 2.43. The first-order chi connectivity index (χ1) is 9.09. The summed E-state index contributed by atoms with van der Waals surface area (Å²) in [7, 11) is 0. The standard InChI is InChI=1S/C13H16N2O4/c16-13(17)9-14(10-5-1-2-6-10)11-7-3-4-8-12(11)15(18)19/h3-4,7-8,10H,1-2,5-6,9H2,(H,16,17). The molecule has 19 heavy (non-hydrogen) atoms. The Morgan fingerprint density at radius 3 is 2.58 bits per heavy atom. The van der Waals surface area contributed by atoms with Gasteiger partial charge in [-0.1, -0.05) is 25.0 Å². The summed E-state index contributed by atoms with van der Waals surface area (Å²) in [5.74, 6) is -0.968. The minimum absolute atomic E-state index is 0.0318. The first-order valence-corrected chi connectivity index (χ1v) is 6.31. The zero-order valence-electron chi connectivity index (χ0n) is 10.5. The molecule has 6 heteroatoms. The van der Waals surface area contributed by atoms with Gasteiger partial charge in [0.15, 0.2) is 0 Å². The van der Waals surface area contributed by atoms with Crippen LogP contribution in [0.2, 0.25) is 0 Å². The Balaban J connectivity index is 2.36. The van der Waals surface area contributed by atoms with Gasteiger partial charge in [0.05, 0.1) is 4.92 Å². The number of carbonyl (C=O) groups is 1. The van der Waals surface area contributed by atoms with Gasteiger partial charge in [0.2, 0.25) is 0 Å². The molecule has 0 heterocycles. The van der Waals surface area contributed by atoms with E-state index in [-0.39, 0.29) is 18.3 Å². The molecule has 0 atom stereocenters. The Labute approximate surface area is 110 Å². The predicted molar refractivity (Wildman–Crippen MR) is 70.3 cm³/mol. The summed E-state index contributed by atoms with van der Waals surface area (Å²) in [6.07, 6.45) is 3.86. The van der Waals surface area contributed by atoms with Crippen LogP contribution in [0.15, 0.2) is 24.3 Å². The quantitative estimate of drug-likeness (QED) is 0.652. The lowest BCUT2D eigenvalue weighted by atomic mass is 10.1. The van der Waals surface area contributed by atoms with Gasteiger partial charge in [-0.2, -0.15) is 0 Å². The molecule has 0 amide bonds. The van der Waals surface area contributed by atoms with E-state index >= 15 is 0 Å². The summed E-state index contributed by atoms with van der Waals surface area (Å²) < 4.78 is 0. The van der Waals surface area contributed by atoms with Gasteiger partial charge in [0.25, 0.3) is 5.69 Å². The van der Waals surface area contributed by atoms with Crippen molar-refractivity contribution in [1.82, 2.24) is 0 Å². The maximum Gasteiger partial charge on any atom is 0.323 e. The molecule has 0 radical (unpaired) electrons. The SMILES string of the molecule is O=C(O)CN(c1ccccc1[N+](=O)[O-])C1CCCC1. The van der Waals surface area contributed by atoms with Crippen molar-refractivity contribution in [3.05, 3.63) is 34.4 Å². The molecule has 1 aromatic carbocycles. The smallest absolute Gasteiger partial charge is 0.323 e. The van der Waals surface area contributed by atoms with Crippen molar-refractivity contribution < 1.29 is 14.8 Å². The number of anilines is 1. The van der Waals surface area contributed by atoms with Gasteiger partial charge in [0, 0.05) is 12.1 Å². The zero-order valence-corrected chi connectivity index (χ0v) is 10.5. The molecule has 2 rings (SSSR count). The molecule has 0 unspecified atom stereocenters. The number of hydrogen-bond acceptors (Lipinski definition) is 4. The number of hydrogen-bond donors (Lipinski definition) is 1. The monoisotopic (exact) mass is 264 g/mol. The van der Waals surface area contributed by atoms with Gasteiger partial charge in [0.1, 0.15) is 12.2 Å². The average Bonchev–Trinajstić information content (AvgIpc) is 2.89. The van der Waals surface area contributed by atoms with Crippen molar-refractivity contribution in [2.45, 2.75) is 31.7 Å². The lowest BCUT2D eigenvalue weighted by Crippen LogP contribution is -2.38. The molecule has 0 spiro atoms. The van der Waals surface area contributed by atoms with Crippen molar-refractivity contribution in [3.8, 4) is 0 Å². The first-order valence-electron chi connectivity index (χ1n) is 6.31. The number of benzene rings is 1. The van der Waals surface area contributed by atoms with E-state index in [0.29, 0.717) is 5.69 Å². The van der Waals surface area contributed by atoms with E-state index in [1.807, 2.05) is 0 Å². The number of rotatable bonds is 5. The van der Waals surface area contributed by atoms with Crippen LogP contribution in [-0.4, -0.2) is 28.6 Å². The number of carboxylic acid groups (broad SMARTS) is 1. The highest BCUT2D eigenvalue weighted by Crippen LogP contribution is 2.33. The number of nitro benzene ring substituents is 1. The van der Waals surface area contributed by atoms with Crippen LogP contribution in [0.1, 0.15) is 25.7 Å². The zero-order chi connectivity index (χ0) is 13.8. The van der Waals surface area contributed by atoms with Gasteiger partial charge in [-0.05, 0) is 18.9 Å². The Morgan fingerprint density at radius 2 is 2.00 bits per heavy atom. The third kappa shape index (κ3) is 3.01. The molecular weight excluding hydrogens is 248 g/mol. The molecule has 6 nitrogen and oxygen atoms in total. The molecule has 1 fully saturated rings. The van der Waals surface area contributed by atoms with Crippen LogP contribution in [0, 0.1) is 10.1 Å². The van der Waals surface area contributed by atoms with E-state index in [1.54, 1.807) is 23.1 Å². The molecule has 1 N–H and O–H groups in total. The van der Waals surface area contributed by atoms with Gasteiger partial charge < -0.3 is 10.0 Å². The van der Waals surface area contributed by atoms with E-state index in [0.717, 1.165) is 25.7 Å². The number of nitrogens with zero attached hydrogens (tertiary/aromatic N) is 2. The molecule has 1 aliphatic carbocycles. The van der Waals surface area contributed by atoms with Crippen molar-refractivity contribution in [1.29, 1.82) is 0 Å². The van der Waals surface area contributed by atoms with Crippen LogP contribution in [0.25, 0.3) is 0 Å². The fraction of sp³-hybridized carbons (Fsp3) is 0.462. The number of carboxylic acids is 1. The van der Waals surface area contributed by atoms with Gasteiger partial charge in [-0.3, -0.25) is 14.9 Å². The van der Waals surface area contributed by atoms with E-state index in [4.69, 9.17) is 5.11 Å². The Kier molecular flexibility index (Phi) is 3.99. The lowest BCUT2D eigenvalue weighted by Gasteiger charge is -2.29. The molecule has 0 saturated heterocycles. The molecule has 1 aliphatic rings. The summed E-state index contributed by atoms with van der Waals surface area (Å²) in [6.45, 7) is -0.199. The van der Waals surface area contributed by atoms with Gasteiger partial charge in [-0.25, -0.2) is 0 Å². The number of para-hydroxylation sites is 2. The summed E-state index contributed by atoms with van der Waals surface area (Å²) in [5.41, 5.74) is 0.373. The summed E-state index contributed by atoms with van der Waals surface area (Å²) in [6, 6.07) is 6.41. The first kappa shape index (κ1) is 13.3. The number of nitro groups is 1. The Hall–Kier alpha value is -2.11. The molecule has 1 aromatic rings. The highest BCUT2D eigenvalue weighted by atomic mass is 16.6. The minimum atomic E-state index is -0.968. The Morgan fingerprint density at radius 1 is 1.37 bits per heavy atom. The van der Waals surface area contributed by atoms with E-state index in [1.165, 1.54) is 6.07 Å².